The Kier molecular flexibility index (Phi) is 3.01. The van der Waals surface area contributed by atoms with Gasteiger partial charge in [0.2, 0.25) is 5.88 Å². The summed E-state index contributed by atoms with van der Waals surface area (Å²) in [5.74, 6) is -0.371. The molecule has 10 heteroatoms. The number of hydrogen-bond acceptors (Lipinski definition) is 5. The first-order valence-electron chi connectivity index (χ1n) is 4.98. The summed E-state index contributed by atoms with van der Waals surface area (Å²) >= 11 is 0. The second-order valence-corrected chi connectivity index (χ2v) is 5.30. The number of nitrogens with one attached hydrogen (secondary N) is 1. The van der Waals surface area contributed by atoms with E-state index in [1.165, 1.54) is 7.05 Å². The quantitative estimate of drug-likeness (QED) is 0.625. The maximum atomic E-state index is 12.2. The van der Waals surface area contributed by atoms with Crippen LogP contribution in [0.3, 0.4) is 0 Å². The Balaban J connectivity index is 2.39. The minimum absolute atomic E-state index is 0.367. The van der Waals surface area contributed by atoms with Gasteiger partial charge in [-0.1, -0.05) is 0 Å². The standard InChI is InChI=1S/C8H10F3N3O3S/c1-14-7(17-18(15,16)8(9,10)11)5-2-3-12-4-6(5)13-14/h12H,2-4H2,1H3. The Bertz CT molecular complexity index is 564. The maximum absolute atomic E-state index is 12.2. The Morgan fingerprint density at radius 1 is 1.44 bits per heavy atom. The predicted molar refractivity (Wildman–Crippen MR) is 54.2 cm³/mol. The van der Waals surface area contributed by atoms with Crippen molar-refractivity contribution in [1.29, 1.82) is 0 Å². The summed E-state index contributed by atoms with van der Waals surface area (Å²) in [6.07, 6.45) is 0.367. The topological polar surface area (TPSA) is 73.2 Å². The molecule has 0 aliphatic carbocycles. The molecule has 6 nitrogen and oxygen atoms in total. The Labute approximate surface area is 101 Å². The van der Waals surface area contributed by atoms with Crippen molar-refractivity contribution >= 4 is 10.1 Å². The highest BCUT2D eigenvalue weighted by atomic mass is 32.2. The van der Waals surface area contributed by atoms with Crippen LogP contribution in [0, 0.1) is 0 Å². The van der Waals surface area contributed by atoms with E-state index in [-0.39, 0.29) is 5.88 Å². The van der Waals surface area contributed by atoms with Gasteiger partial charge >= 0.3 is 15.6 Å². The molecule has 18 heavy (non-hydrogen) atoms. The van der Waals surface area contributed by atoms with Crippen LogP contribution in [-0.4, -0.2) is 30.3 Å². The monoisotopic (exact) mass is 285 g/mol. The Hall–Kier alpha value is -1.29. The molecule has 0 spiro atoms. The molecule has 1 aliphatic heterocycles. The van der Waals surface area contributed by atoms with Crippen LogP contribution in [-0.2, 0) is 30.1 Å². The van der Waals surface area contributed by atoms with Crippen molar-refractivity contribution < 1.29 is 25.8 Å². The van der Waals surface area contributed by atoms with E-state index in [0.717, 1.165) is 4.68 Å². The van der Waals surface area contributed by atoms with Crippen molar-refractivity contribution in [2.24, 2.45) is 7.05 Å². The van der Waals surface area contributed by atoms with Gasteiger partial charge in [0.1, 0.15) is 0 Å². The van der Waals surface area contributed by atoms with Crippen LogP contribution < -0.4 is 9.50 Å². The van der Waals surface area contributed by atoms with Gasteiger partial charge in [0.05, 0.1) is 5.69 Å². The van der Waals surface area contributed by atoms with E-state index in [0.29, 0.717) is 30.8 Å². The molecule has 0 saturated heterocycles. The first kappa shape index (κ1) is 13.1. The van der Waals surface area contributed by atoms with Crippen molar-refractivity contribution in [3.63, 3.8) is 0 Å². The van der Waals surface area contributed by atoms with Gasteiger partial charge < -0.3 is 9.50 Å². The molecule has 0 bridgehead atoms. The van der Waals surface area contributed by atoms with Crippen LogP contribution in [0.2, 0.25) is 0 Å². The second kappa shape index (κ2) is 4.12. The number of nitrogens with zero attached hydrogens (tertiary/aromatic N) is 2. The van der Waals surface area contributed by atoms with E-state index in [1.807, 2.05) is 0 Å². The van der Waals surface area contributed by atoms with Gasteiger partial charge in [-0.2, -0.15) is 26.7 Å². The molecular weight excluding hydrogens is 275 g/mol. The Morgan fingerprint density at radius 2 is 2.11 bits per heavy atom. The van der Waals surface area contributed by atoms with Gasteiger partial charge in [0.25, 0.3) is 0 Å². The van der Waals surface area contributed by atoms with Crippen LogP contribution in [0.4, 0.5) is 13.2 Å². The lowest BCUT2D eigenvalue weighted by Gasteiger charge is -2.13. The lowest BCUT2D eigenvalue weighted by molar-refractivity contribution is -0.0502. The molecule has 0 saturated carbocycles. The minimum Gasteiger partial charge on any atom is -0.355 e. The lowest BCUT2D eigenvalue weighted by atomic mass is 10.1. The lowest BCUT2D eigenvalue weighted by Crippen LogP contribution is -2.29. The SMILES string of the molecule is Cn1nc2c(c1OS(=O)(=O)C(F)(F)F)CCNC2. The number of alkyl halides is 3. The largest absolute Gasteiger partial charge is 0.534 e. The number of aryl methyl sites for hydroxylation is 1. The molecule has 0 atom stereocenters. The van der Waals surface area contributed by atoms with Gasteiger partial charge in [-0.15, -0.1) is 0 Å². The number of halogens is 3. The normalized spacial score (nSPS) is 16.4. The maximum Gasteiger partial charge on any atom is 0.534 e. The van der Waals surface area contributed by atoms with Crippen molar-refractivity contribution in [1.82, 2.24) is 15.1 Å². The average Bonchev–Trinajstić information content (AvgIpc) is 2.54. The van der Waals surface area contributed by atoms with Crippen molar-refractivity contribution in [2.75, 3.05) is 6.54 Å². The van der Waals surface area contributed by atoms with Gasteiger partial charge in [0, 0.05) is 19.2 Å². The molecule has 0 unspecified atom stereocenters. The van der Waals surface area contributed by atoms with Crippen LogP contribution in [0.25, 0.3) is 0 Å². The third-order valence-electron chi connectivity index (χ3n) is 2.49. The van der Waals surface area contributed by atoms with Crippen LogP contribution >= 0.6 is 0 Å². The van der Waals surface area contributed by atoms with Crippen LogP contribution in [0.5, 0.6) is 5.88 Å². The van der Waals surface area contributed by atoms with E-state index in [1.54, 1.807) is 0 Å². The summed E-state index contributed by atoms with van der Waals surface area (Å²) in [7, 11) is -4.33. The zero-order valence-electron chi connectivity index (χ0n) is 9.28. The van der Waals surface area contributed by atoms with Crippen LogP contribution in [0.1, 0.15) is 11.3 Å². The molecule has 0 amide bonds. The molecule has 2 rings (SSSR count). The Morgan fingerprint density at radius 3 is 2.72 bits per heavy atom. The summed E-state index contributed by atoms with van der Waals surface area (Å²) in [6, 6.07) is 0. The van der Waals surface area contributed by atoms with Gasteiger partial charge in [0.15, 0.2) is 0 Å². The molecule has 0 radical (unpaired) electrons. The number of fused-ring (bicyclic) bond motifs is 1. The summed E-state index contributed by atoms with van der Waals surface area (Å²) in [5.41, 5.74) is -4.56. The summed E-state index contributed by atoms with van der Waals surface area (Å²) in [6.45, 7) is 0.902. The highest BCUT2D eigenvalue weighted by Crippen LogP contribution is 2.31. The van der Waals surface area contributed by atoms with Gasteiger partial charge in [-0.3, -0.25) is 0 Å². The second-order valence-electron chi connectivity index (χ2n) is 3.76. The van der Waals surface area contributed by atoms with Crippen molar-refractivity contribution in [2.45, 2.75) is 18.5 Å². The van der Waals surface area contributed by atoms with Crippen molar-refractivity contribution in [3.05, 3.63) is 11.3 Å². The van der Waals surface area contributed by atoms with E-state index in [2.05, 4.69) is 14.6 Å². The molecule has 1 N–H and O–H groups in total. The fourth-order valence-electron chi connectivity index (χ4n) is 1.67. The smallest absolute Gasteiger partial charge is 0.355 e. The van der Waals surface area contributed by atoms with E-state index < -0.39 is 15.6 Å². The van der Waals surface area contributed by atoms with E-state index >= 15 is 0 Å². The zero-order chi connectivity index (χ0) is 13.6. The first-order valence-corrected chi connectivity index (χ1v) is 6.39. The number of rotatable bonds is 2. The first-order chi connectivity index (χ1) is 8.22. The van der Waals surface area contributed by atoms with E-state index in [4.69, 9.17) is 0 Å². The average molecular weight is 285 g/mol. The summed E-state index contributed by atoms with van der Waals surface area (Å²) in [4.78, 5) is 0. The molecule has 1 aromatic rings. The fraction of sp³-hybridized carbons (Fsp3) is 0.625. The van der Waals surface area contributed by atoms with Gasteiger partial charge in [-0.25, -0.2) is 4.68 Å². The summed E-state index contributed by atoms with van der Waals surface area (Å²) in [5, 5.41) is 6.89. The molecule has 1 aromatic heterocycles. The third kappa shape index (κ3) is 2.17. The molecular formula is C8H10F3N3O3S. The zero-order valence-corrected chi connectivity index (χ0v) is 10.1. The minimum atomic E-state index is -5.66. The van der Waals surface area contributed by atoms with Crippen LogP contribution in [0.15, 0.2) is 0 Å². The highest BCUT2D eigenvalue weighted by molar-refractivity contribution is 7.87. The molecule has 2 heterocycles. The summed E-state index contributed by atoms with van der Waals surface area (Å²) < 4.78 is 63.8. The predicted octanol–water partition coefficient (Wildman–Crippen LogP) is 0.294. The van der Waals surface area contributed by atoms with Gasteiger partial charge in [-0.05, 0) is 13.0 Å². The number of aromatic nitrogens is 2. The molecule has 0 fully saturated rings. The molecule has 0 aromatic carbocycles. The fourth-order valence-corrected chi connectivity index (χ4v) is 2.19. The van der Waals surface area contributed by atoms with E-state index in [9.17, 15) is 21.6 Å². The molecule has 102 valence electrons. The highest BCUT2D eigenvalue weighted by Gasteiger charge is 2.49. The number of hydrogen-bond donors (Lipinski definition) is 1. The third-order valence-corrected chi connectivity index (χ3v) is 3.43. The van der Waals surface area contributed by atoms with Crippen molar-refractivity contribution in [3.8, 4) is 5.88 Å². The molecule has 1 aliphatic rings.